The summed E-state index contributed by atoms with van der Waals surface area (Å²) >= 11 is 5.34. The van der Waals surface area contributed by atoms with Gasteiger partial charge in [-0.05, 0) is 17.5 Å². The van der Waals surface area contributed by atoms with E-state index in [4.69, 9.17) is 12.2 Å². The van der Waals surface area contributed by atoms with Crippen LogP contribution in [0.15, 0.2) is 35.3 Å². The van der Waals surface area contributed by atoms with E-state index >= 15 is 0 Å². The second-order valence-corrected chi connectivity index (χ2v) is 4.16. The number of hydrogen-bond donors (Lipinski definition) is 2. The summed E-state index contributed by atoms with van der Waals surface area (Å²) in [6, 6.07) is 10.2. The normalized spacial score (nSPS) is 14.9. The number of rotatable bonds is 1. The van der Waals surface area contributed by atoms with E-state index in [9.17, 15) is 0 Å². The molecule has 1 aliphatic heterocycles. The van der Waals surface area contributed by atoms with Crippen molar-refractivity contribution < 1.29 is 0 Å². The molecule has 2 aromatic rings. The highest BCUT2D eigenvalue weighted by atomic mass is 32.1. The third kappa shape index (κ3) is 1.51. The molecule has 0 radical (unpaired) electrons. The molecule has 0 amide bonds. The van der Waals surface area contributed by atoms with Gasteiger partial charge in [0, 0.05) is 12.1 Å². The van der Waals surface area contributed by atoms with Crippen LogP contribution in [0.3, 0.4) is 0 Å². The van der Waals surface area contributed by atoms with Crippen molar-refractivity contribution in [2.45, 2.75) is 0 Å². The Hall–Kier alpha value is -1.68. The standard InChI is InChI=1S/C12H11N3S/c16-12-9(11-13-5-6-14-11)7-8-3-1-2-4-10(8)15-12/h1-4,7H,5-6H2,(H,13,14)(H,15,16). The minimum Gasteiger partial charge on any atom is -0.368 e. The predicted molar refractivity (Wildman–Crippen MR) is 68.5 cm³/mol. The zero-order chi connectivity index (χ0) is 11.0. The molecule has 0 spiro atoms. The molecule has 3 nitrogen and oxygen atoms in total. The number of nitrogens with zero attached hydrogens (tertiary/aromatic N) is 1. The highest BCUT2D eigenvalue weighted by Gasteiger charge is 2.10. The van der Waals surface area contributed by atoms with Crippen LogP contribution in [0.5, 0.6) is 0 Å². The second-order valence-electron chi connectivity index (χ2n) is 3.76. The van der Waals surface area contributed by atoms with E-state index in [-0.39, 0.29) is 0 Å². The van der Waals surface area contributed by atoms with Gasteiger partial charge in [-0.25, -0.2) is 0 Å². The molecule has 0 saturated heterocycles. The molecular formula is C12H11N3S. The lowest BCUT2D eigenvalue weighted by Gasteiger charge is -2.05. The Morgan fingerprint density at radius 1 is 1.25 bits per heavy atom. The number of pyridine rings is 1. The van der Waals surface area contributed by atoms with Crippen LogP contribution in [0.1, 0.15) is 5.56 Å². The molecule has 1 aromatic carbocycles. The van der Waals surface area contributed by atoms with Gasteiger partial charge in [-0.1, -0.05) is 30.4 Å². The molecule has 2 heterocycles. The van der Waals surface area contributed by atoms with Crippen LogP contribution in [0, 0.1) is 4.64 Å². The fourth-order valence-corrected chi connectivity index (χ4v) is 2.17. The molecule has 0 aliphatic carbocycles. The summed E-state index contributed by atoms with van der Waals surface area (Å²) in [5.41, 5.74) is 2.06. The van der Waals surface area contributed by atoms with Crippen molar-refractivity contribution >= 4 is 29.0 Å². The monoisotopic (exact) mass is 229 g/mol. The van der Waals surface area contributed by atoms with Crippen molar-refractivity contribution in [2.75, 3.05) is 13.1 Å². The smallest absolute Gasteiger partial charge is 0.131 e. The third-order valence-corrected chi connectivity index (χ3v) is 3.00. The van der Waals surface area contributed by atoms with Gasteiger partial charge in [0.15, 0.2) is 0 Å². The van der Waals surface area contributed by atoms with Crippen molar-refractivity contribution in [3.63, 3.8) is 0 Å². The molecule has 4 heteroatoms. The minimum absolute atomic E-state index is 0.742. The summed E-state index contributed by atoms with van der Waals surface area (Å²) in [6.45, 7) is 1.73. The lowest BCUT2D eigenvalue weighted by atomic mass is 10.1. The van der Waals surface area contributed by atoms with Crippen molar-refractivity contribution in [3.8, 4) is 0 Å². The molecule has 80 valence electrons. The maximum Gasteiger partial charge on any atom is 0.131 e. The number of aliphatic imine (C=N–C) groups is 1. The van der Waals surface area contributed by atoms with Gasteiger partial charge in [-0.2, -0.15) is 0 Å². The third-order valence-electron chi connectivity index (χ3n) is 2.68. The van der Waals surface area contributed by atoms with Crippen molar-refractivity contribution in [1.29, 1.82) is 0 Å². The Morgan fingerprint density at radius 2 is 2.12 bits per heavy atom. The zero-order valence-electron chi connectivity index (χ0n) is 8.66. The molecule has 3 rings (SSSR count). The number of aromatic amines is 1. The van der Waals surface area contributed by atoms with E-state index in [1.54, 1.807) is 0 Å². The summed E-state index contributed by atoms with van der Waals surface area (Å²) in [5, 5.41) is 4.40. The number of benzene rings is 1. The number of amidine groups is 1. The molecule has 1 aromatic heterocycles. The maximum absolute atomic E-state index is 5.34. The summed E-state index contributed by atoms with van der Waals surface area (Å²) in [4.78, 5) is 7.62. The van der Waals surface area contributed by atoms with Crippen LogP contribution < -0.4 is 5.32 Å². The summed E-state index contributed by atoms with van der Waals surface area (Å²) in [7, 11) is 0. The van der Waals surface area contributed by atoms with E-state index in [0.29, 0.717) is 0 Å². The van der Waals surface area contributed by atoms with Crippen LogP contribution in [-0.2, 0) is 0 Å². The zero-order valence-corrected chi connectivity index (χ0v) is 9.47. The topological polar surface area (TPSA) is 40.2 Å². The quantitative estimate of drug-likeness (QED) is 0.736. The summed E-state index contributed by atoms with van der Waals surface area (Å²) in [6.07, 6.45) is 0. The number of fused-ring (bicyclic) bond motifs is 1. The van der Waals surface area contributed by atoms with Crippen molar-refractivity contribution in [2.24, 2.45) is 4.99 Å². The van der Waals surface area contributed by atoms with Crippen LogP contribution in [0.25, 0.3) is 10.9 Å². The van der Waals surface area contributed by atoms with Gasteiger partial charge in [0.05, 0.1) is 12.1 Å². The lowest BCUT2D eigenvalue weighted by Crippen LogP contribution is -2.20. The Morgan fingerprint density at radius 3 is 2.94 bits per heavy atom. The predicted octanol–water partition coefficient (Wildman–Crippen LogP) is 2.25. The van der Waals surface area contributed by atoms with Crippen LogP contribution in [-0.4, -0.2) is 23.9 Å². The minimum atomic E-state index is 0.742. The van der Waals surface area contributed by atoms with Crippen molar-refractivity contribution in [1.82, 2.24) is 10.3 Å². The van der Waals surface area contributed by atoms with Crippen LogP contribution in [0.2, 0.25) is 0 Å². The van der Waals surface area contributed by atoms with Gasteiger partial charge in [0.2, 0.25) is 0 Å². The number of H-pyrrole nitrogens is 1. The Labute approximate surface area is 98.2 Å². The summed E-state index contributed by atoms with van der Waals surface area (Å²) in [5.74, 6) is 0.909. The first kappa shape index (κ1) is 9.54. The highest BCUT2D eigenvalue weighted by Crippen LogP contribution is 2.15. The Balaban J connectivity index is 2.25. The molecule has 0 saturated carbocycles. The first-order valence-corrected chi connectivity index (χ1v) is 5.66. The van der Waals surface area contributed by atoms with Gasteiger partial charge in [-0.15, -0.1) is 0 Å². The van der Waals surface area contributed by atoms with Gasteiger partial charge >= 0.3 is 0 Å². The molecule has 0 bridgehead atoms. The van der Waals surface area contributed by atoms with Crippen LogP contribution >= 0.6 is 12.2 Å². The van der Waals surface area contributed by atoms with Gasteiger partial charge in [-0.3, -0.25) is 4.99 Å². The van der Waals surface area contributed by atoms with E-state index < -0.39 is 0 Å². The van der Waals surface area contributed by atoms with E-state index in [1.165, 1.54) is 0 Å². The Bertz CT molecular complexity index is 627. The van der Waals surface area contributed by atoms with Gasteiger partial charge < -0.3 is 10.3 Å². The number of nitrogens with one attached hydrogen (secondary N) is 2. The maximum atomic E-state index is 5.34. The van der Waals surface area contributed by atoms with E-state index in [0.717, 1.165) is 40.0 Å². The number of para-hydroxylation sites is 1. The van der Waals surface area contributed by atoms with Crippen LogP contribution in [0.4, 0.5) is 0 Å². The molecule has 2 N–H and O–H groups in total. The molecule has 0 unspecified atom stereocenters. The molecule has 0 fully saturated rings. The summed E-state index contributed by atoms with van der Waals surface area (Å²) < 4.78 is 0.742. The van der Waals surface area contributed by atoms with E-state index in [2.05, 4.69) is 27.4 Å². The van der Waals surface area contributed by atoms with Gasteiger partial charge in [0.25, 0.3) is 0 Å². The fraction of sp³-hybridized carbons (Fsp3) is 0.167. The lowest BCUT2D eigenvalue weighted by molar-refractivity contribution is 0.959. The SMILES string of the molecule is S=c1[nH]c2ccccc2cc1C1=NCCN1. The first-order valence-electron chi connectivity index (χ1n) is 5.25. The average molecular weight is 229 g/mol. The molecular weight excluding hydrogens is 218 g/mol. The molecule has 1 aliphatic rings. The van der Waals surface area contributed by atoms with Gasteiger partial charge in [0.1, 0.15) is 10.5 Å². The highest BCUT2D eigenvalue weighted by molar-refractivity contribution is 7.71. The number of aromatic nitrogens is 1. The molecule has 16 heavy (non-hydrogen) atoms. The average Bonchev–Trinajstić information content (AvgIpc) is 2.81. The largest absolute Gasteiger partial charge is 0.368 e. The Kier molecular flexibility index (Phi) is 2.22. The second kappa shape index (κ2) is 3.72. The first-order chi connectivity index (χ1) is 7.84. The fourth-order valence-electron chi connectivity index (χ4n) is 1.90. The number of hydrogen-bond acceptors (Lipinski definition) is 3. The van der Waals surface area contributed by atoms with E-state index in [1.807, 2.05) is 18.2 Å². The molecule has 0 atom stereocenters. The van der Waals surface area contributed by atoms with Crippen molar-refractivity contribution in [3.05, 3.63) is 40.5 Å².